The highest BCUT2D eigenvalue weighted by molar-refractivity contribution is 5.00. The second-order valence-electron chi connectivity index (χ2n) is 14.0. The molecular formula is C36H71. The first kappa shape index (κ1) is 35.7. The minimum atomic E-state index is 0.869. The van der Waals surface area contributed by atoms with Crippen LogP contribution in [-0.4, -0.2) is 0 Å². The van der Waals surface area contributed by atoms with E-state index in [1.807, 2.05) is 0 Å². The van der Waals surface area contributed by atoms with Gasteiger partial charge >= 0.3 is 0 Å². The molecule has 0 aromatic heterocycles. The predicted octanol–water partition coefficient (Wildman–Crippen LogP) is 13.0. The highest BCUT2D eigenvalue weighted by Crippen LogP contribution is 2.23. The molecular weight excluding hydrogens is 432 g/mol. The molecule has 0 spiro atoms. The van der Waals surface area contributed by atoms with Crippen molar-refractivity contribution in [1.29, 1.82) is 0 Å². The molecule has 4 unspecified atom stereocenters. The van der Waals surface area contributed by atoms with Gasteiger partial charge in [0.05, 0.1) is 0 Å². The fourth-order valence-corrected chi connectivity index (χ4v) is 5.59. The Morgan fingerprint density at radius 1 is 0.472 bits per heavy atom. The van der Waals surface area contributed by atoms with E-state index >= 15 is 0 Å². The molecule has 0 heterocycles. The van der Waals surface area contributed by atoms with Crippen LogP contribution in [0.3, 0.4) is 0 Å². The third kappa shape index (κ3) is 25.4. The van der Waals surface area contributed by atoms with Gasteiger partial charge in [-0.2, -0.15) is 0 Å². The lowest BCUT2D eigenvalue weighted by atomic mass is 9.91. The van der Waals surface area contributed by atoms with Crippen molar-refractivity contribution < 1.29 is 0 Å². The number of hydrogen-bond donors (Lipinski definition) is 0. The van der Waals surface area contributed by atoms with Crippen LogP contribution < -0.4 is 0 Å². The largest absolute Gasteiger partial charge is 0.0853 e. The summed E-state index contributed by atoms with van der Waals surface area (Å²) in [7, 11) is 0. The highest BCUT2D eigenvalue weighted by Gasteiger charge is 2.08. The predicted molar refractivity (Wildman–Crippen MR) is 167 cm³/mol. The normalized spacial score (nSPS) is 16.0. The number of rotatable bonds is 25. The Balaban J connectivity index is 3.66. The molecule has 0 N–H and O–H groups in total. The summed E-state index contributed by atoms with van der Waals surface area (Å²) in [5, 5.41) is 0. The lowest BCUT2D eigenvalue weighted by Gasteiger charge is -2.15. The van der Waals surface area contributed by atoms with Gasteiger partial charge in [-0.05, 0) is 74.5 Å². The summed E-state index contributed by atoms with van der Waals surface area (Å²) in [6, 6.07) is 0. The Morgan fingerprint density at radius 3 is 1.25 bits per heavy atom. The van der Waals surface area contributed by atoms with Crippen LogP contribution in [0, 0.1) is 41.9 Å². The molecule has 0 fully saturated rings. The molecule has 0 nitrogen and oxygen atoms in total. The smallest absolute Gasteiger partial charge is 0.0317 e. The van der Waals surface area contributed by atoms with Crippen molar-refractivity contribution in [3.63, 3.8) is 0 Å². The first-order valence-electron chi connectivity index (χ1n) is 16.6. The van der Waals surface area contributed by atoms with E-state index in [-0.39, 0.29) is 0 Å². The summed E-state index contributed by atoms with van der Waals surface area (Å²) in [6.45, 7) is 21.6. The topological polar surface area (TPSA) is 0 Å². The zero-order valence-corrected chi connectivity index (χ0v) is 26.8. The second kappa shape index (κ2) is 23.8. The second-order valence-corrected chi connectivity index (χ2v) is 14.0. The van der Waals surface area contributed by atoms with Gasteiger partial charge in [0, 0.05) is 0 Å². The molecule has 36 heavy (non-hydrogen) atoms. The van der Waals surface area contributed by atoms with Crippen LogP contribution in [0.2, 0.25) is 0 Å². The fraction of sp³-hybridized carbons (Fsp3) is 0.917. The van der Waals surface area contributed by atoms with Crippen LogP contribution in [0.4, 0.5) is 0 Å². The summed E-state index contributed by atoms with van der Waals surface area (Å²) in [6.07, 6.45) is 30.1. The molecule has 4 atom stereocenters. The standard InChI is InChI=1S/C36H71/c1-30(2)18-13-22-34(7)26-15-24-32(5)20-11-10-12-21-33(6)25-16-28-36(9)29-17-27-35(8)23-14-19-31(3)4/h10,21,30-32,34-36H,11-20,22-29H2,1-9H3. The molecule has 0 aliphatic rings. The van der Waals surface area contributed by atoms with Crippen LogP contribution in [0.5, 0.6) is 0 Å². The monoisotopic (exact) mass is 504 g/mol. The van der Waals surface area contributed by atoms with Crippen molar-refractivity contribution in [1.82, 2.24) is 0 Å². The van der Waals surface area contributed by atoms with Crippen molar-refractivity contribution in [3.8, 4) is 0 Å². The van der Waals surface area contributed by atoms with Crippen molar-refractivity contribution in [2.75, 3.05) is 0 Å². The van der Waals surface area contributed by atoms with E-state index in [0.29, 0.717) is 0 Å². The maximum Gasteiger partial charge on any atom is -0.0317 e. The summed E-state index contributed by atoms with van der Waals surface area (Å²) >= 11 is 0. The average Bonchev–Trinajstić information content (AvgIpc) is 2.78. The third-order valence-electron chi connectivity index (χ3n) is 8.51. The van der Waals surface area contributed by atoms with Crippen molar-refractivity contribution in [3.05, 3.63) is 18.1 Å². The van der Waals surface area contributed by atoms with Crippen molar-refractivity contribution >= 4 is 0 Å². The third-order valence-corrected chi connectivity index (χ3v) is 8.51. The van der Waals surface area contributed by atoms with Gasteiger partial charge in [0.1, 0.15) is 0 Å². The molecule has 0 bridgehead atoms. The van der Waals surface area contributed by atoms with E-state index in [9.17, 15) is 0 Å². The summed E-state index contributed by atoms with van der Waals surface area (Å²) in [4.78, 5) is 0. The lowest BCUT2D eigenvalue weighted by molar-refractivity contribution is 0.389. The van der Waals surface area contributed by atoms with E-state index in [2.05, 4.69) is 74.8 Å². The van der Waals surface area contributed by atoms with Crippen LogP contribution in [0.25, 0.3) is 0 Å². The van der Waals surface area contributed by atoms with Gasteiger partial charge < -0.3 is 0 Å². The molecule has 0 aromatic rings. The minimum absolute atomic E-state index is 0.869. The molecule has 0 saturated carbocycles. The van der Waals surface area contributed by atoms with Gasteiger partial charge in [0.2, 0.25) is 0 Å². The van der Waals surface area contributed by atoms with Gasteiger partial charge in [-0.15, -0.1) is 0 Å². The summed E-state index contributed by atoms with van der Waals surface area (Å²) < 4.78 is 0. The maximum absolute atomic E-state index is 2.53. The van der Waals surface area contributed by atoms with Crippen LogP contribution in [-0.2, 0) is 0 Å². The zero-order chi connectivity index (χ0) is 27.2. The lowest BCUT2D eigenvalue weighted by Crippen LogP contribution is -2.00. The quantitative estimate of drug-likeness (QED) is 0.0858. The van der Waals surface area contributed by atoms with Crippen LogP contribution in [0.1, 0.15) is 178 Å². The molecule has 0 rings (SSSR count). The molecule has 0 aromatic carbocycles. The van der Waals surface area contributed by atoms with Crippen molar-refractivity contribution in [2.24, 2.45) is 35.5 Å². The van der Waals surface area contributed by atoms with Gasteiger partial charge in [-0.1, -0.05) is 157 Å². The van der Waals surface area contributed by atoms with E-state index < -0.39 is 0 Å². The Kier molecular flexibility index (Phi) is 23.7. The van der Waals surface area contributed by atoms with Gasteiger partial charge in [-0.25, -0.2) is 0 Å². The van der Waals surface area contributed by atoms with E-state index in [4.69, 9.17) is 0 Å². The molecule has 215 valence electrons. The maximum atomic E-state index is 2.53. The Hall–Kier alpha value is -0.260. The van der Waals surface area contributed by atoms with Gasteiger partial charge in [0.25, 0.3) is 0 Å². The number of allylic oxidation sites excluding steroid dienone is 2. The molecule has 0 heteroatoms. The molecule has 0 saturated heterocycles. The van der Waals surface area contributed by atoms with Crippen molar-refractivity contribution in [2.45, 2.75) is 178 Å². The van der Waals surface area contributed by atoms with E-state index in [1.54, 1.807) is 5.57 Å². The van der Waals surface area contributed by atoms with E-state index in [0.717, 1.165) is 35.5 Å². The first-order valence-corrected chi connectivity index (χ1v) is 16.6. The Morgan fingerprint density at radius 2 is 0.833 bits per heavy atom. The zero-order valence-electron chi connectivity index (χ0n) is 26.8. The molecule has 1 radical (unpaired) electrons. The van der Waals surface area contributed by atoms with Crippen LogP contribution >= 0.6 is 0 Å². The van der Waals surface area contributed by atoms with E-state index in [1.165, 1.54) is 116 Å². The number of unbranched alkanes of at least 4 members (excludes halogenated alkanes) is 2. The van der Waals surface area contributed by atoms with Gasteiger partial charge in [0.15, 0.2) is 0 Å². The fourth-order valence-electron chi connectivity index (χ4n) is 5.59. The number of hydrogen-bond acceptors (Lipinski definition) is 0. The first-order chi connectivity index (χ1) is 17.1. The minimum Gasteiger partial charge on any atom is -0.0853 e. The van der Waals surface area contributed by atoms with Crippen LogP contribution in [0.15, 0.2) is 11.6 Å². The molecule has 0 aliphatic carbocycles. The Labute approximate surface area is 231 Å². The Bertz CT molecular complexity index is 484. The molecule has 0 aliphatic heterocycles. The molecule has 0 amide bonds. The summed E-state index contributed by atoms with van der Waals surface area (Å²) in [5.74, 6) is 5.37. The summed E-state index contributed by atoms with van der Waals surface area (Å²) in [5.41, 5.74) is 1.61. The highest BCUT2D eigenvalue weighted by atomic mass is 14.1. The average molecular weight is 504 g/mol. The van der Waals surface area contributed by atoms with Gasteiger partial charge in [-0.3, -0.25) is 0 Å². The SMILES string of the molecule is CC(=CC[CH]CCC(C)CCCC(C)CCCC(C)C)CCCC(C)CCCC(C)CCCC(C)C.